The Kier molecular flexibility index (Phi) is 9.59. The van der Waals surface area contributed by atoms with Gasteiger partial charge >= 0.3 is 0 Å². The van der Waals surface area contributed by atoms with Gasteiger partial charge in [0.05, 0.1) is 0 Å². The summed E-state index contributed by atoms with van der Waals surface area (Å²) in [5.41, 5.74) is 0. The molecule has 3 atom stereocenters. The van der Waals surface area contributed by atoms with Crippen molar-refractivity contribution in [1.29, 1.82) is 0 Å². The number of rotatable bonds is 10. The van der Waals surface area contributed by atoms with E-state index in [1.165, 1.54) is 70.6 Å². The third-order valence-corrected chi connectivity index (χ3v) is 4.89. The lowest BCUT2D eigenvalue weighted by Gasteiger charge is -2.35. The number of hydrogen-bond acceptors (Lipinski definition) is 1. The van der Waals surface area contributed by atoms with Gasteiger partial charge in [-0.15, -0.1) is 0 Å². The monoisotopic (exact) mass is 267 g/mol. The lowest BCUT2D eigenvalue weighted by molar-refractivity contribution is 0.200. The highest BCUT2D eigenvalue weighted by atomic mass is 14.9. The van der Waals surface area contributed by atoms with Gasteiger partial charge in [0.25, 0.3) is 0 Å². The van der Waals surface area contributed by atoms with Gasteiger partial charge in [0.15, 0.2) is 0 Å². The summed E-state index contributed by atoms with van der Waals surface area (Å²) < 4.78 is 0. The van der Waals surface area contributed by atoms with Crippen molar-refractivity contribution in [3.63, 3.8) is 0 Å². The molecule has 0 aromatic heterocycles. The highest BCUT2D eigenvalue weighted by Crippen LogP contribution is 2.32. The quantitative estimate of drug-likeness (QED) is 0.512. The van der Waals surface area contributed by atoms with Crippen molar-refractivity contribution < 1.29 is 0 Å². The molecule has 3 unspecified atom stereocenters. The van der Waals surface area contributed by atoms with Gasteiger partial charge in [-0.25, -0.2) is 0 Å². The highest BCUT2D eigenvalue weighted by Gasteiger charge is 2.27. The molecule has 1 N–H and O–H groups in total. The minimum Gasteiger partial charge on any atom is -0.314 e. The van der Waals surface area contributed by atoms with Gasteiger partial charge in [0, 0.05) is 6.04 Å². The number of unbranched alkanes of at least 4 members (excludes halogenated alkanes) is 6. The zero-order chi connectivity index (χ0) is 13.9. The molecule has 0 aliphatic heterocycles. The zero-order valence-corrected chi connectivity index (χ0v) is 13.7. The molecule has 1 rings (SSSR count). The van der Waals surface area contributed by atoms with Crippen molar-refractivity contribution in [3.05, 3.63) is 0 Å². The molecule has 114 valence electrons. The van der Waals surface area contributed by atoms with Gasteiger partial charge in [-0.3, -0.25) is 0 Å². The van der Waals surface area contributed by atoms with Gasteiger partial charge in [0.1, 0.15) is 0 Å². The molecule has 1 aliphatic rings. The summed E-state index contributed by atoms with van der Waals surface area (Å²) in [4.78, 5) is 0. The van der Waals surface area contributed by atoms with E-state index in [0.717, 1.165) is 24.4 Å². The maximum Gasteiger partial charge on any atom is 0.00954 e. The molecule has 0 aromatic carbocycles. The third-order valence-electron chi connectivity index (χ3n) is 4.89. The molecule has 0 aromatic rings. The highest BCUT2D eigenvalue weighted by molar-refractivity contribution is 4.83. The van der Waals surface area contributed by atoms with E-state index in [0.29, 0.717) is 0 Å². The average Bonchev–Trinajstić information content (AvgIpc) is 2.41. The van der Waals surface area contributed by atoms with Crippen LogP contribution in [0.15, 0.2) is 0 Å². The molecule has 1 fully saturated rings. The van der Waals surface area contributed by atoms with Gasteiger partial charge in [-0.1, -0.05) is 65.7 Å². The van der Waals surface area contributed by atoms with Gasteiger partial charge in [-0.2, -0.15) is 0 Å². The molecule has 0 bridgehead atoms. The molecular weight excluding hydrogens is 230 g/mol. The summed E-state index contributed by atoms with van der Waals surface area (Å²) in [6.07, 6.45) is 15.9. The Labute approximate surface area is 121 Å². The van der Waals surface area contributed by atoms with Crippen LogP contribution in [0.5, 0.6) is 0 Å². The largest absolute Gasteiger partial charge is 0.314 e. The van der Waals surface area contributed by atoms with E-state index >= 15 is 0 Å². The Morgan fingerprint density at radius 2 is 1.58 bits per heavy atom. The normalized spacial score (nSPS) is 27.6. The molecule has 0 spiro atoms. The standard InChI is InChI=1S/C18H37N/c1-4-6-7-8-9-10-11-12-17-15-16(3)13-14-18(17)19-5-2/h16-19H,4-15H2,1-3H3. The molecule has 0 saturated heterocycles. The summed E-state index contributed by atoms with van der Waals surface area (Å²) >= 11 is 0. The molecule has 1 aliphatic carbocycles. The molecule has 0 amide bonds. The Bertz CT molecular complexity index is 202. The fraction of sp³-hybridized carbons (Fsp3) is 1.00. The van der Waals surface area contributed by atoms with E-state index in [4.69, 9.17) is 0 Å². The second kappa shape index (κ2) is 10.7. The predicted molar refractivity (Wildman–Crippen MR) is 86.6 cm³/mol. The van der Waals surface area contributed by atoms with Crippen LogP contribution in [-0.2, 0) is 0 Å². The molecule has 19 heavy (non-hydrogen) atoms. The first-order valence-electron chi connectivity index (χ1n) is 9.01. The first kappa shape index (κ1) is 17.0. The Hall–Kier alpha value is -0.0400. The molecule has 0 heterocycles. The minimum atomic E-state index is 0.821. The van der Waals surface area contributed by atoms with Gasteiger partial charge < -0.3 is 5.32 Å². The number of hydrogen-bond donors (Lipinski definition) is 1. The fourth-order valence-corrected chi connectivity index (χ4v) is 3.71. The van der Waals surface area contributed by atoms with Crippen LogP contribution >= 0.6 is 0 Å². The Morgan fingerprint density at radius 3 is 2.26 bits per heavy atom. The smallest absolute Gasteiger partial charge is 0.00954 e. The summed E-state index contributed by atoms with van der Waals surface area (Å²) in [7, 11) is 0. The second-order valence-corrected chi connectivity index (χ2v) is 6.75. The topological polar surface area (TPSA) is 12.0 Å². The van der Waals surface area contributed by atoms with Crippen LogP contribution in [0.3, 0.4) is 0 Å². The lowest BCUT2D eigenvalue weighted by Crippen LogP contribution is -2.40. The maximum absolute atomic E-state index is 3.72. The Morgan fingerprint density at radius 1 is 0.895 bits per heavy atom. The van der Waals surface area contributed by atoms with E-state index in [-0.39, 0.29) is 0 Å². The van der Waals surface area contributed by atoms with E-state index in [1.807, 2.05) is 0 Å². The van der Waals surface area contributed by atoms with E-state index < -0.39 is 0 Å². The van der Waals surface area contributed by atoms with Crippen molar-refractivity contribution in [1.82, 2.24) is 5.32 Å². The van der Waals surface area contributed by atoms with Crippen molar-refractivity contribution in [2.24, 2.45) is 11.8 Å². The van der Waals surface area contributed by atoms with Crippen molar-refractivity contribution in [2.75, 3.05) is 6.54 Å². The van der Waals surface area contributed by atoms with Crippen LogP contribution in [-0.4, -0.2) is 12.6 Å². The SMILES string of the molecule is CCCCCCCCCC1CC(C)CCC1NCC. The fourth-order valence-electron chi connectivity index (χ4n) is 3.71. The summed E-state index contributed by atoms with van der Waals surface area (Å²) in [5, 5.41) is 3.72. The van der Waals surface area contributed by atoms with E-state index in [1.54, 1.807) is 0 Å². The van der Waals surface area contributed by atoms with Crippen molar-refractivity contribution in [3.8, 4) is 0 Å². The molecule has 0 radical (unpaired) electrons. The van der Waals surface area contributed by atoms with Crippen molar-refractivity contribution in [2.45, 2.75) is 97.4 Å². The first-order chi connectivity index (χ1) is 9.27. The minimum absolute atomic E-state index is 0.821. The van der Waals surface area contributed by atoms with Crippen molar-refractivity contribution >= 4 is 0 Å². The molecular formula is C18H37N. The van der Waals surface area contributed by atoms with Crippen LogP contribution in [0, 0.1) is 11.8 Å². The maximum atomic E-state index is 3.72. The average molecular weight is 268 g/mol. The summed E-state index contributed by atoms with van der Waals surface area (Å²) in [5.74, 6) is 1.92. The van der Waals surface area contributed by atoms with Gasteiger partial charge in [0.2, 0.25) is 0 Å². The van der Waals surface area contributed by atoms with E-state index in [2.05, 4.69) is 26.1 Å². The van der Waals surface area contributed by atoms with Crippen LogP contribution in [0.2, 0.25) is 0 Å². The van der Waals surface area contributed by atoms with Gasteiger partial charge in [-0.05, 0) is 44.1 Å². The van der Waals surface area contributed by atoms with E-state index in [9.17, 15) is 0 Å². The predicted octanol–water partition coefficient (Wildman–Crippen LogP) is 5.54. The first-order valence-corrected chi connectivity index (χ1v) is 9.01. The second-order valence-electron chi connectivity index (χ2n) is 6.75. The molecule has 1 nitrogen and oxygen atoms in total. The third kappa shape index (κ3) is 7.34. The molecule has 1 saturated carbocycles. The number of nitrogens with one attached hydrogen (secondary N) is 1. The van der Waals surface area contributed by atoms with Crippen LogP contribution in [0.4, 0.5) is 0 Å². The van der Waals surface area contributed by atoms with Crippen LogP contribution in [0.25, 0.3) is 0 Å². The van der Waals surface area contributed by atoms with Crippen LogP contribution < -0.4 is 5.32 Å². The lowest BCUT2D eigenvalue weighted by atomic mass is 9.76. The van der Waals surface area contributed by atoms with Crippen LogP contribution in [0.1, 0.15) is 91.4 Å². The molecule has 1 heteroatoms. The summed E-state index contributed by atoms with van der Waals surface area (Å²) in [6.45, 7) is 8.14. The summed E-state index contributed by atoms with van der Waals surface area (Å²) in [6, 6.07) is 0.821. The Balaban J connectivity index is 2.10. The zero-order valence-electron chi connectivity index (χ0n) is 13.7.